The predicted molar refractivity (Wildman–Crippen MR) is 409 cm³/mol. The maximum absolute atomic E-state index is 2.47. The van der Waals surface area contributed by atoms with Gasteiger partial charge in [0.15, 0.2) is 0 Å². The SMILES string of the molecule is CC1(C)c2ccc(-c3cccc(-c4cccc(-n5c6ccccc6c6cc7c(cc65)c5ccccc5n7-c5cccc(-c6cccc(-c7ccccc7)c6)c5)c4)c3)cc2-c2ccc(-c3cccc(-n4c5ccccc5c5cc6c(cc54)c4ccccc4n6-c4ccccc4)c3)cc21. The lowest BCUT2D eigenvalue weighted by Crippen LogP contribution is -2.15. The van der Waals surface area contributed by atoms with Crippen molar-refractivity contribution in [2.75, 3.05) is 0 Å². The molecule has 0 amide bonds. The largest absolute Gasteiger partial charge is 0.309 e. The van der Waals surface area contributed by atoms with Crippen LogP contribution in [0.3, 0.4) is 0 Å². The van der Waals surface area contributed by atoms with Crippen LogP contribution in [0.15, 0.2) is 340 Å². The van der Waals surface area contributed by atoms with Crippen molar-refractivity contribution in [2.24, 2.45) is 0 Å². The van der Waals surface area contributed by atoms with Gasteiger partial charge >= 0.3 is 0 Å². The Labute approximate surface area is 561 Å². The standard InChI is InChI=1S/C93H62N4/c1-93(2)83-47-45-67(53-78(83)73-46-44-68(54-84(73)93)66-30-21-35-72(52-66)97-86-41-14-10-37-75(86)80-55-89-79(56-90(80)97)74-36-9-13-40-85(74)94(89)69-31-7-4-8-32-69)63-27-18-26-62(49-63)65-29-20-34-71(51-65)96-88-43-16-12-39-77(88)82-57-91-81(58-92(82)96)76-38-11-15-42-87(76)95(91)70-33-19-28-64(50-70)61-25-17-24-60(48-61)59-22-5-3-6-23-59/h3-58H,1-2H3. The maximum Gasteiger partial charge on any atom is 0.0548 e. The first-order valence-electron chi connectivity index (χ1n) is 33.7. The summed E-state index contributed by atoms with van der Waals surface area (Å²) in [4.78, 5) is 0. The predicted octanol–water partition coefficient (Wildman–Crippen LogP) is 24.7. The smallest absolute Gasteiger partial charge is 0.0548 e. The monoisotopic (exact) mass is 1230 g/mol. The molecular weight excluding hydrogens is 1170 g/mol. The van der Waals surface area contributed by atoms with Crippen LogP contribution in [0.25, 0.3) is 177 Å². The third-order valence-corrected chi connectivity index (χ3v) is 21.1. The molecule has 0 saturated carbocycles. The van der Waals surface area contributed by atoms with Crippen LogP contribution in [0.1, 0.15) is 25.0 Å². The van der Waals surface area contributed by atoms with Gasteiger partial charge in [-0.1, -0.05) is 232 Å². The molecule has 19 aromatic rings. The molecular formula is C93H62N4. The molecule has 4 heteroatoms. The highest BCUT2D eigenvalue weighted by Gasteiger charge is 2.36. The van der Waals surface area contributed by atoms with E-state index in [4.69, 9.17) is 0 Å². The molecule has 20 rings (SSSR count). The number of nitrogens with zero attached hydrogens (tertiary/aromatic N) is 4. The van der Waals surface area contributed by atoms with Gasteiger partial charge in [-0.25, -0.2) is 0 Å². The van der Waals surface area contributed by atoms with E-state index in [2.05, 4.69) is 372 Å². The Bertz CT molecular complexity index is 6460. The van der Waals surface area contributed by atoms with Gasteiger partial charge in [0.25, 0.3) is 0 Å². The topological polar surface area (TPSA) is 19.7 Å². The molecule has 0 spiro atoms. The average molecular weight is 1240 g/mol. The first kappa shape index (κ1) is 55.0. The molecule has 1 aliphatic rings. The van der Waals surface area contributed by atoms with Gasteiger partial charge in [0, 0.05) is 71.3 Å². The zero-order valence-corrected chi connectivity index (χ0v) is 53.6. The molecule has 0 N–H and O–H groups in total. The van der Waals surface area contributed by atoms with Gasteiger partial charge in [-0.2, -0.15) is 0 Å². The number of para-hydroxylation sites is 5. The summed E-state index contributed by atoms with van der Waals surface area (Å²) in [6.45, 7) is 4.79. The van der Waals surface area contributed by atoms with Crippen molar-refractivity contribution in [3.05, 3.63) is 351 Å². The van der Waals surface area contributed by atoms with Crippen molar-refractivity contribution >= 4 is 87.2 Å². The summed E-state index contributed by atoms with van der Waals surface area (Å²) in [5.41, 5.74) is 31.2. The van der Waals surface area contributed by atoms with Crippen LogP contribution in [0.5, 0.6) is 0 Å². The summed E-state index contributed by atoms with van der Waals surface area (Å²) in [5, 5.41) is 9.87. The second kappa shape index (κ2) is 21.3. The molecule has 0 radical (unpaired) electrons. The molecule has 0 bridgehead atoms. The minimum absolute atomic E-state index is 0.200. The van der Waals surface area contributed by atoms with Crippen LogP contribution < -0.4 is 0 Å². The zero-order chi connectivity index (χ0) is 64.0. The third-order valence-electron chi connectivity index (χ3n) is 21.1. The summed E-state index contributed by atoms with van der Waals surface area (Å²) in [6, 6.07) is 126. The number of benzene rings is 15. The fourth-order valence-corrected chi connectivity index (χ4v) is 16.5. The van der Waals surface area contributed by atoms with Crippen LogP contribution >= 0.6 is 0 Å². The first-order chi connectivity index (χ1) is 47.8. The lowest BCUT2D eigenvalue weighted by Gasteiger charge is -2.22. The Balaban J connectivity index is 0.636. The van der Waals surface area contributed by atoms with E-state index in [-0.39, 0.29) is 5.41 Å². The second-order valence-corrected chi connectivity index (χ2v) is 26.8. The number of rotatable bonds is 9. The fraction of sp³-hybridized carbons (Fsp3) is 0.0323. The summed E-state index contributed by atoms with van der Waals surface area (Å²) >= 11 is 0. The highest BCUT2D eigenvalue weighted by molar-refractivity contribution is 6.21. The van der Waals surface area contributed by atoms with Crippen molar-refractivity contribution in [2.45, 2.75) is 19.3 Å². The number of aromatic nitrogens is 4. The quantitative estimate of drug-likeness (QED) is 0.137. The van der Waals surface area contributed by atoms with Crippen LogP contribution in [-0.2, 0) is 5.41 Å². The minimum Gasteiger partial charge on any atom is -0.309 e. The average Bonchev–Trinajstić information content (AvgIpc) is 1.57. The van der Waals surface area contributed by atoms with E-state index < -0.39 is 0 Å². The third kappa shape index (κ3) is 8.50. The van der Waals surface area contributed by atoms with E-state index in [0.717, 1.165) is 22.7 Å². The fourth-order valence-electron chi connectivity index (χ4n) is 16.5. The van der Waals surface area contributed by atoms with E-state index >= 15 is 0 Å². The zero-order valence-electron chi connectivity index (χ0n) is 53.6. The van der Waals surface area contributed by atoms with E-state index in [1.165, 1.54) is 165 Å². The van der Waals surface area contributed by atoms with Crippen LogP contribution in [0.4, 0.5) is 0 Å². The number of hydrogen-bond acceptors (Lipinski definition) is 0. The van der Waals surface area contributed by atoms with Gasteiger partial charge in [0.05, 0.1) is 44.1 Å². The molecule has 1 aliphatic carbocycles. The van der Waals surface area contributed by atoms with E-state index in [0.29, 0.717) is 0 Å². The lowest BCUT2D eigenvalue weighted by molar-refractivity contribution is 0.660. The maximum atomic E-state index is 2.47. The van der Waals surface area contributed by atoms with Gasteiger partial charge < -0.3 is 18.3 Å². The van der Waals surface area contributed by atoms with Gasteiger partial charge in [0.2, 0.25) is 0 Å². The molecule has 0 aliphatic heterocycles. The summed E-state index contributed by atoms with van der Waals surface area (Å²) in [6.07, 6.45) is 0. The Morgan fingerprint density at radius 1 is 0.175 bits per heavy atom. The molecule has 0 unspecified atom stereocenters. The normalized spacial score (nSPS) is 12.7. The van der Waals surface area contributed by atoms with Crippen molar-refractivity contribution < 1.29 is 0 Å². The van der Waals surface area contributed by atoms with E-state index in [9.17, 15) is 0 Å². The Morgan fingerprint density at radius 2 is 0.474 bits per heavy atom. The lowest BCUT2D eigenvalue weighted by atomic mass is 9.81. The second-order valence-electron chi connectivity index (χ2n) is 26.8. The van der Waals surface area contributed by atoms with Gasteiger partial charge in [-0.05, 0) is 199 Å². The van der Waals surface area contributed by atoms with Crippen molar-refractivity contribution in [3.63, 3.8) is 0 Å². The summed E-state index contributed by atoms with van der Waals surface area (Å²) < 4.78 is 9.82. The van der Waals surface area contributed by atoms with Crippen LogP contribution in [-0.4, -0.2) is 18.3 Å². The van der Waals surface area contributed by atoms with Crippen LogP contribution in [0, 0.1) is 0 Å². The molecule has 15 aromatic carbocycles. The molecule has 454 valence electrons. The number of fused-ring (bicyclic) bond motifs is 15. The van der Waals surface area contributed by atoms with Crippen LogP contribution in [0.2, 0.25) is 0 Å². The minimum atomic E-state index is -0.200. The van der Waals surface area contributed by atoms with Gasteiger partial charge in [0.1, 0.15) is 0 Å². The Morgan fingerprint density at radius 3 is 0.897 bits per heavy atom. The van der Waals surface area contributed by atoms with Gasteiger partial charge in [-0.3, -0.25) is 0 Å². The molecule has 4 nitrogen and oxygen atoms in total. The van der Waals surface area contributed by atoms with Gasteiger partial charge in [-0.15, -0.1) is 0 Å². The van der Waals surface area contributed by atoms with E-state index in [1.54, 1.807) is 0 Å². The molecule has 4 heterocycles. The summed E-state index contributed by atoms with van der Waals surface area (Å²) in [5.74, 6) is 0. The first-order valence-corrected chi connectivity index (χ1v) is 33.7. The molecule has 4 aromatic heterocycles. The Kier molecular flexibility index (Phi) is 12.1. The molecule has 97 heavy (non-hydrogen) atoms. The van der Waals surface area contributed by atoms with Crippen molar-refractivity contribution in [1.82, 2.24) is 18.3 Å². The van der Waals surface area contributed by atoms with Crippen molar-refractivity contribution in [3.8, 4) is 89.5 Å². The highest BCUT2D eigenvalue weighted by atomic mass is 15.0. The highest BCUT2D eigenvalue weighted by Crippen LogP contribution is 2.52. The molecule has 0 saturated heterocycles. The Hall–Kier alpha value is -12.5. The van der Waals surface area contributed by atoms with Crippen molar-refractivity contribution in [1.29, 1.82) is 0 Å². The molecule has 0 fully saturated rings. The summed E-state index contributed by atoms with van der Waals surface area (Å²) in [7, 11) is 0. The number of hydrogen-bond donors (Lipinski definition) is 0. The van der Waals surface area contributed by atoms with E-state index in [1.807, 2.05) is 0 Å². The molecule has 0 atom stereocenters.